The fraction of sp³-hybridized carbons (Fsp3) is 0.545. The molecule has 2 unspecified atom stereocenters. The number of carbonyl (C=O) groups is 1. The highest BCUT2D eigenvalue weighted by Crippen LogP contribution is 2.42. The third-order valence-corrected chi connectivity index (χ3v) is 6.31. The smallest absolute Gasteiger partial charge is 0.229 e. The van der Waals surface area contributed by atoms with E-state index in [0.717, 1.165) is 49.8 Å². The molecule has 0 N–H and O–H groups in total. The predicted molar refractivity (Wildman–Crippen MR) is 106 cm³/mol. The number of hydrogen-bond acceptors (Lipinski definition) is 6. The Balaban J connectivity index is 1.29. The zero-order valence-corrected chi connectivity index (χ0v) is 16.9. The lowest BCUT2D eigenvalue weighted by atomic mass is 9.99. The molecule has 0 aromatic carbocycles. The minimum Gasteiger partial charge on any atom is -0.474 e. The van der Waals surface area contributed by atoms with Crippen LogP contribution in [0.4, 0.5) is 0 Å². The van der Waals surface area contributed by atoms with Crippen molar-refractivity contribution in [3.8, 4) is 17.5 Å². The van der Waals surface area contributed by atoms with Crippen molar-refractivity contribution in [3.63, 3.8) is 0 Å². The maximum Gasteiger partial charge on any atom is 0.229 e. The largest absolute Gasteiger partial charge is 0.474 e. The van der Waals surface area contributed by atoms with Crippen molar-refractivity contribution >= 4 is 5.91 Å². The lowest BCUT2D eigenvalue weighted by molar-refractivity contribution is -0.138. The fourth-order valence-corrected chi connectivity index (χ4v) is 4.60. The zero-order chi connectivity index (χ0) is 20.0. The van der Waals surface area contributed by atoms with Crippen molar-refractivity contribution in [1.82, 2.24) is 19.9 Å². The number of hydrogen-bond donors (Lipinski definition) is 0. The van der Waals surface area contributed by atoms with Gasteiger partial charge in [-0.05, 0) is 51.7 Å². The molecule has 2 saturated heterocycles. The molecule has 5 rings (SSSR count). The number of ether oxygens (including phenoxy) is 2. The number of piperidine rings is 1. The van der Waals surface area contributed by atoms with Gasteiger partial charge in [0.25, 0.3) is 0 Å². The first-order valence-corrected chi connectivity index (χ1v) is 10.5. The summed E-state index contributed by atoms with van der Waals surface area (Å²) in [7, 11) is 0. The topological polar surface area (TPSA) is 77.4 Å². The molecule has 3 aliphatic rings. The van der Waals surface area contributed by atoms with Crippen LogP contribution in [0.1, 0.15) is 49.8 Å². The number of aromatic nitrogens is 3. The molecule has 2 aliphatic heterocycles. The van der Waals surface area contributed by atoms with Crippen LogP contribution in [0.3, 0.4) is 0 Å². The summed E-state index contributed by atoms with van der Waals surface area (Å²) in [5, 5.41) is 0. The molecule has 1 saturated carbocycles. The number of nitrogens with zero attached hydrogens (tertiary/aromatic N) is 4. The molecule has 0 spiro atoms. The van der Waals surface area contributed by atoms with Crippen LogP contribution in [0, 0.1) is 19.8 Å². The van der Waals surface area contributed by atoms with Crippen LogP contribution in [0.25, 0.3) is 0 Å². The van der Waals surface area contributed by atoms with Gasteiger partial charge in [-0.1, -0.05) is 0 Å². The fourth-order valence-electron chi connectivity index (χ4n) is 4.60. The summed E-state index contributed by atoms with van der Waals surface area (Å²) in [5.41, 5.74) is 1.58. The van der Waals surface area contributed by atoms with Gasteiger partial charge in [-0.2, -0.15) is 0 Å². The zero-order valence-electron chi connectivity index (χ0n) is 16.9. The number of carbonyl (C=O) groups excluding carboxylic acids is 1. The van der Waals surface area contributed by atoms with Gasteiger partial charge in [-0.25, -0.2) is 9.97 Å². The summed E-state index contributed by atoms with van der Waals surface area (Å²) in [6.07, 6.45) is 9.31. The van der Waals surface area contributed by atoms with E-state index >= 15 is 0 Å². The minimum atomic E-state index is 0.0670. The van der Waals surface area contributed by atoms with Crippen molar-refractivity contribution < 1.29 is 14.3 Å². The summed E-state index contributed by atoms with van der Waals surface area (Å²) in [4.78, 5) is 27.7. The van der Waals surface area contributed by atoms with Crippen LogP contribution in [0.15, 0.2) is 24.7 Å². The van der Waals surface area contributed by atoms with Gasteiger partial charge >= 0.3 is 0 Å². The third-order valence-electron chi connectivity index (χ3n) is 6.31. The lowest BCUT2D eigenvalue weighted by Crippen LogP contribution is -2.49. The molecule has 0 radical (unpaired) electrons. The molecule has 1 amide bonds. The Labute approximate surface area is 170 Å². The van der Waals surface area contributed by atoms with Gasteiger partial charge in [0.2, 0.25) is 17.7 Å². The van der Waals surface area contributed by atoms with E-state index in [0.29, 0.717) is 35.5 Å². The summed E-state index contributed by atoms with van der Waals surface area (Å²) in [5.74, 6) is 2.37. The Kier molecular flexibility index (Phi) is 4.60. The van der Waals surface area contributed by atoms with Crippen LogP contribution < -0.4 is 9.47 Å². The average molecular weight is 394 g/mol. The number of rotatable bonds is 5. The number of fused-ring (bicyclic) bond motifs is 2. The van der Waals surface area contributed by atoms with Crippen molar-refractivity contribution in [2.75, 3.05) is 0 Å². The van der Waals surface area contributed by atoms with E-state index in [9.17, 15) is 4.79 Å². The molecule has 29 heavy (non-hydrogen) atoms. The molecule has 1 aliphatic carbocycles. The first-order chi connectivity index (χ1) is 14.1. The van der Waals surface area contributed by atoms with Crippen LogP contribution in [0.2, 0.25) is 0 Å². The van der Waals surface area contributed by atoms with Gasteiger partial charge in [0, 0.05) is 37.0 Å². The van der Waals surface area contributed by atoms with E-state index in [1.807, 2.05) is 26.0 Å². The second kappa shape index (κ2) is 7.28. The second-order valence-electron chi connectivity index (χ2n) is 8.41. The Morgan fingerprint density at radius 2 is 1.76 bits per heavy atom. The molecule has 3 atom stereocenters. The standard InChI is InChI=1S/C22H26N4O3/c1-13-20(24-12-25-21(13)29-19-4-3-9-23-14(19)2)28-18-10-16-7-8-17(11-18)26(16)22(27)15-5-6-15/h3-4,9,12,15-18H,5-8,10-11H2,1-2H3/t16-,17?,18?/m0/s1. The van der Waals surface area contributed by atoms with E-state index in [4.69, 9.17) is 9.47 Å². The van der Waals surface area contributed by atoms with Gasteiger partial charge in [0.1, 0.15) is 12.4 Å². The van der Waals surface area contributed by atoms with Crippen molar-refractivity contribution in [3.05, 3.63) is 35.9 Å². The number of amides is 1. The Bertz CT molecular complexity index is 916. The Morgan fingerprint density at radius 1 is 1.03 bits per heavy atom. The highest BCUT2D eigenvalue weighted by Gasteiger charge is 2.47. The minimum absolute atomic E-state index is 0.0670. The summed E-state index contributed by atoms with van der Waals surface area (Å²) in [6.45, 7) is 3.81. The lowest BCUT2D eigenvalue weighted by Gasteiger charge is -2.39. The van der Waals surface area contributed by atoms with Crippen LogP contribution >= 0.6 is 0 Å². The number of aryl methyl sites for hydroxylation is 1. The van der Waals surface area contributed by atoms with Crippen LogP contribution in [-0.4, -0.2) is 43.9 Å². The molecule has 2 aromatic heterocycles. The van der Waals surface area contributed by atoms with E-state index < -0.39 is 0 Å². The first kappa shape index (κ1) is 18.3. The van der Waals surface area contributed by atoms with E-state index in [1.54, 1.807) is 6.20 Å². The monoisotopic (exact) mass is 394 g/mol. The summed E-state index contributed by atoms with van der Waals surface area (Å²) in [6, 6.07) is 4.32. The maximum atomic E-state index is 12.6. The highest BCUT2D eigenvalue weighted by molar-refractivity contribution is 5.82. The van der Waals surface area contributed by atoms with Gasteiger partial charge in [0.05, 0.1) is 11.3 Å². The Morgan fingerprint density at radius 3 is 2.45 bits per heavy atom. The predicted octanol–water partition coefficient (Wildman–Crippen LogP) is 3.59. The summed E-state index contributed by atoms with van der Waals surface area (Å²) < 4.78 is 12.3. The summed E-state index contributed by atoms with van der Waals surface area (Å²) >= 11 is 0. The molecule has 2 aromatic rings. The normalized spacial score (nSPS) is 25.7. The maximum absolute atomic E-state index is 12.6. The van der Waals surface area contributed by atoms with Crippen molar-refractivity contribution in [1.29, 1.82) is 0 Å². The molecular weight excluding hydrogens is 368 g/mol. The highest BCUT2D eigenvalue weighted by atomic mass is 16.5. The molecule has 7 heteroatoms. The van der Waals surface area contributed by atoms with E-state index in [1.165, 1.54) is 6.33 Å². The molecule has 152 valence electrons. The van der Waals surface area contributed by atoms with Gasteiger partial charge in [-0.15, -0.1) is 0 Å². The van der Waals surface area contributed by atoms with Crippen molar-refractivity contribution in [2.45, 2.75) is 70.6 Å². The molecule has 4 heterocycles. The van der Waals surface area contributed by atoms with Crippen molar-refractivity contribution in [2.24, 2.45) is 5.92 Å². The van der Waals surface area contributed by atoms with Gasteiger partial charge in [0.15, 0.2) is 5.75 Å². The molecule has 7 nitrogen and oxygen atoms in total. The third kappa shape index (κ3) is 3.54. The van der Waals surface area contributed by atoms with Gasteiger partial charge < -0.3 is 14.4 Å². The first-order valence-electron chi connectivity index (χ1n) is 10.5. The average Bonchev–Trinajstić information content (AvgIpc) is 3.52. The molecule has 3 fully saturated rings. The van der Waals surface area contributed by atoms with Crippen LogP contribution in [0.5, 0.6) is 17.5 Å². The SMILES string of the molecule is Cc1ncccc1Oc1ncnc(OC2CC3CC[C@@H](C2)N3C(=O)C2CC2)c1C. The van der Waals surface area contributed by atoms with Crippen LogP contribution in [-0.2, 0) is 4.79 Å². The van der Waals surface area contributed by atoms with E-state index in [-0.39, 0.29) is 12.0 Å². The Hall–Kier alpha value is -2.70. The quantitative estimate of drug-likeness (QED) is 0.771. The molecular formula is C22H26N4O3. The molecule has 2 bridgehead atoms. The number of pyridine rings is 1. The second-order valence-corrected chi connectivity index (χ2v) is 8.41. The van der Waals surface area contributed by atoms with Gasteiger partial charge in [-0.3, -0.25) is 9.78 Å². The van der Waals surface area contributed by atoms with E-state index in [2.05, 4.69) is 19.9 Å².